The number of aryl methyl sites for hydroxylation is 2. The van der Waals surface area contributed by atoms with Crippen molar-refractivity contribution < 1.29 is 4.79 Å². The van der Waals surface area contributed by atoms with Crippen LogP contribution in [0.2, 0.25) is 0 Å². The Kier molecular flexibility index (Phi) is 4.70. The number of aromatic nitrogens is 2. The highest BCUT2D eigenvalue weighted by Crippen LogP contribution is 2.21. The summed E-state index contributed by atoms with van der Waals surface area (Å²) < 4.78 is 1.89. The van der Waals surface area contributed by atoms with Gasteiger partial charge >= 0.3 is 0 Å². The van der Waals surface area contributed by atoms with E-state index in [0.29, 0.717) is 12.1 Å². The SMILES string of the molecule is Cc1cccc(NC(=O)c2c(C)nn(Cc3ccccc3)c2C)c1C. The van der Waals surface area contributed by atoms with E-state index in [1.807, 2.05) is 68.8 Å². The lowest BCUT2D eigenvalue weighted by atomic mass is 10.1. The number of carbonyl (C=O) groups is 1. The normalized spacial score (nSPS) is 10.7. The van der Waals surface area contributed by atoms with Crippen molar-refractivity contribution in [2.45, 2.75) is 34.2 Å². The van der Waals surface area contributed by atoms with Crippen LogP contribution in [0.3, 0.4) is 0 Å². The van der Waals surface area contributed by atoms with E-state index < -0.39 is 0 Å². The lowest BCUT2D eigenvalue weighted by Crippen LogP contribution is -2.15. The van der Waals surface area contributed by atoms with Gasteiger partial charge in [0.15, 0.2) is 0 Å². The van der Waals surface area contributed by atoms with Crippen molar-refractivity contribution >= 4 is 11.6 Å². The maximum absolute atomic E-state index is 12.8. The molecule has 1 aromatic heterocycles. The Balaban J connectivity index is 1.87. The van der Waals surface area contributed by atoms with E-state index >= 15 is 0 Å². The van der Waals surface area contributed by atoms with Gasteiger partial charge < -0.3 is 5.32 Å². The minimum absolute atomic E-state index is 0.108. The number of carbonyl (C=O) groups excluding carboxylic acids is 1. The van der Waals surface area contributed by atoms with E-state index in [2.05, 4.69) is 22.5 Å². The average molecular weight is 333 g/mol. The molecular formula is C21H23N3O. The number of amides is 1. The zero-order valence-corrected chi connectivity index (χ0v) is 15.1. The molecule has 0 saturated carbocycles. The third-order valence-corrected chi connectivity index (χ3v) is 4.64. The van der Waals surface area contributed by atoms with E-state index in [9.17, 15) is 4.79 Å². The van der Waals surface area contributed by atoms with Crippen LogP contribution in [0.15, 0.2) is 48.5 Å². The second kappa shape index (κ2) is 6.93. The number of rotatable bonds is 4. The van der Waals surface area contributed by atoms with Gasteiger partial charge in [0.25, 0.3) is 5.91 Å². The Bertz CT molecular complexity index is 910. The van der Waals surface area contributed by atoms with Gasteiger partial charge in [0.1, 0.15) is 0 Å². The molecule has 0 atom stereocenters. The predicted molar refractivity (Wildman–Crippen MR) is 101 cm³/mol. The van der Waals surface area contributed by atoms with Crippen LogP contribution in [-0.2, 0) is 6.54 Å². The maximum atomic E-state index is 12.8. The van der Waals surface area contributed by atoms with Crippen LogP contribution >= 0.6 is 0 Å². The summed E-state index contributed by atoms with van der Waals surface area (Å²) in [6.45, 7) is 8.54. The van der Waals surface area contributed by atoms with Gasteiger partial charge in [-0.15, -0.1) is 0 Å². The second-order valence-electron chi connectivity index (χ2n) is 6.39. The highest BCUT2D eigenvalue weighted by molar-refractivity contribution is 6.06. The molecule has 2 aromatic carbocycles. The van der Waals surface area contributed by atoms with Crippen LogP contribution in [0.25, 0.3) is 0 Å². The fourth-order valence-corrected chi connectivity index (χ4v) is 3.01. The van der Waals surface area contributed by atoms with Crippen molar-refractivity contribution in [2.75, 3.05) is 5.32 Å². The average Bonchev–Trinajstić information content (AvgIpc) is 2.86. The summed E-state index contributed by atoms with van der Waals surface area (Å²) in [7, 11) is 0. The third-order valence-electron chi connectivity index (χ3n) is 4.64. The molecule has 0 saturated heterocycles. The van der Waals surface area contributed by atoms with Crippen molar-refractivity contribution in [3.8, 4) is 0 Å². The van der Waals surface area contributed by atoms with Gasteiger partial charge in [0.2, 0.25) is 0 Å². The molecule has 0 bridgehead atoms. The van der Waals surface area contributed by atoms with Crippen LogP contribution < -0.4 is 5.32 Å². The van der Waals surface area contributed by atoms with E-state index in [1.165, 1.54) is 0 Å². The smallest absolute Gasteiger partial charge is 0.259 e. The van der Waals surface area contributed by atoms with E-state index in [1.54, 1.807) is 0 Å². The van der Waals surface area contributed by atoms with Crippen LogP contribution in [0, 0.1) is 27.7 Å². The molecule has 3 aromatic rings. The standard InChI is InChI=1S/C21H23N3O/c1-14-9-8-12-19(15(14)2)22-21(25)20-16(3)23-24(17(20)4)13-18-10-6-5-7-11-18/h5-12H,13H2,1-4H3,(H,22,25). The number of nitrogens with zero attached hydrogens (tertiary/aromatic N) is 2. The van der Waals surface area contributed by atoms with Gasteiger partial charge in [-0.2, -0.15) is 5.10 Å². The molecule has 4 heteroatoms. The van der Waals surface area contributed by atoms with Crippen LogP contribution in [0.4, 0.5) is 5.69 Å². The summed E-state index contributed by atoms with van der Waals surface area (Å²) in [5, 5.41) is 7.60. The summed E-state index contributed by atoms with van der Waals surface area (Å²) in [4.78, 5) is 12.8. The molecule has 0 unspecified atom stereocenters. The molecule has 0 fully saturated rings. The zero-order valence-electron chi connectivity index (χ0n) is 15.1. The van der Waals surface area contributed by atoms with E-state index in [0.717, 1.165) is 33.8 Å². The number of hydrogen-bond acceptors (Lipinski definition) is 2. The summed E-state index contributed by atoms with van der Waals surface area (Å²) in [5.74, 6) is -0.108. The van der Waals surface area contributed by atoms with Gasteiger partial charge in [0.05, 0.1) is 17.8 Å². The largest absolute Gasteiger partial charge is 0.322 e. The predicted octanol–water partition coefficient (Wildman–Crippen LogP) is 4.42. The summed E-state index contributed by atoms with van der Waals surface area (Å²) in [5.41, 5.74) is 6.53. The molecular weight excluding hydrogens is 310 g/mol. The topological polar surface area (TPSA) is 46.9 Å². The molecule has 0 radical (unpaired) electrons. The van der Waals surface area contributed by atoms with Gasteiger partial charge in [-0.3, -0.25) is 9.48 Å². The lowest BCUT2D eigenvalue weighted by molar-refractivity contribution is 0.102. The first-order valence-corrected chi connectivity index (χ1v) is 8.43. The Morgan fingerprint density at radius 2 is 1.72 bits per heavy atom. The molecule has 4 nitrogen and oxygen atoms in total. The van der Waals surface area contributed by atoms with Crippen molar-refractivity contribution in [1.29, 1.82) is 0 Å². The summed E-state index contributed by atoms with van der Waals surface area (Å²) in [6.07, 6.45) is 0. The molecule has 0 aliphatic rings. The Labute approximate surface area is 148 Å². The fourth-order valence-electron chi connectivity index (χ4n) is 3.01. The molecule has 1 amide bonds. The van der Waals surface area contributed by atoms with Crippen molar-refractivity contribution in [2.24, 2.45) is 0 Å². The quantitative estimate of drug-likeness (QED) is 0.768. The highest BCUT2D eigenvalue weighted by Gasteiger charge is 2.19. The first-order chi connectivity index (χ1) is 12.0. The zero-order chi connectivity index (χ0) is 18.0. The Morgan fingerprint density at radius 1 is 1.00 bits per heavy atom. The third kappa shape index (κ3) is 3.48. The number of anilines is 1. The first kappa shape index (κ1) is 17.0. The molecule has 3 rings (SSSR count). The van der Waals surface area contributed by atoms with Gasteiger partial charge in [0, 0.05) is 11.4 Å². The van der Waals surface area contributed by atoms with E-state index in [-0.39, 0.29) is 5.91 Å². The fraction of sp³-hybridized carbons (Fsp3) is 0.238. The lowest BCUT2D eigenvalue weighted by Gasteiger charge is -2.11. The van der Waals surface area contributed by atoms with Gasteiger partial charge in [-0.05, 0) is 50.5 Å². The number of nitrogens with one attached hydrogen (secondary N) is 1. The monoisotopic (exact) mass is 333 g/mol. The van der Waals surface area contributed by atoms with Crippen molar-refractivity contribution in [1.82, 2.24) is 9.78 Å². The van der Waals surface area contributed by atoms with E-state index in [4.69, 9.17) is 0 Å². The minimum Gasteiger partial charge on any atom is -0.322 e. The highest BCUT2D eigenvalue weighted by atomic mass is 16.1. The Morgan fingerprint density at radius 3 is 2.44 bits per heavy atom. The van der Waals surface area contributed by atoms with Crippen molar-refractivity contribution in [3.63, 3.8) is 0 Å². The maximum Gasteiger partial charge on any atom is 0.259 e. The molecule has 25 heavy (non-hydrogen) atoms. The second-order valence-corrected chi connectivity index (χ2v) is 6.39. The van der Waals surface area contributed by atoms with Crippen LogP contribution in [-0.4, -0.2) is 15.7 Å². The molecule has 0 aliphatic carbocycles. The van der Waals surface area contributed by atoms with Crippen LogP contribution in [0.1, 0.15) is 38.4 Å². The number of hydrogen-bond donors (Lipinski definition) is 1. The minimum atomic E-state index is -0.108. The first-order valence-electron chi connectivity index (χ1n) is 8.43. The summed E-state index contributed by atoms with van der Waals surface area (Å²) in [6, 6.07) is 16.1. The molecule has 0 spiro atoms. The molecule has 0 aliphatic heterocycles. The van der Waals surface area contributed by atoms with Gasteiger partial charge in [-0.1, -0.05) is 42.5 Å². The molecule has 1 N–H and O–H groups in total. The molecule has 1 heterocycles. The van der Waals surface area contributed by atoms with Gasteiger partial charge in [-0.25, -0.2) is 0 Å². The molecule has 128 valence electrons. The van der Waals surface area contributed by atoms with Crippen molar-refractivity contribution in [3.05, 3.63) is 82.2 Å². The summed E-state index contributed by atoms with van der Waals surface area (Å²) >= 11 is 0. The Hall–Kier alpha value is -2.88. The van der Waals surface area contributed by atoms with Crippen LogP contribution in [0.5, 0.6) is 0 Å². The number of benzene rings is 2.